The number of hydrogen-bond acceptors (Lipinski definition) is 5. The number of ketones is 3. The standard InChI is InChI=1S/C20H24N2O4/c1-11(23)2-4-15(20(21)26)17-18(24)14-5-3-13(10-16(14)19(17)25)12-6-8-22-9-7-12/h3,5,10,12,15,17,22H,2,4,6-9H2,1H3,(H2,21,26). The molecule has 1 fully saturated rings. The monoisotopic (exact) mass is 356 g/mol. The van der Waals surface area contributed by atoms with E-state index in [1.165, 1.54) is 6.92 Å². The number of primary amides is 1. The van der Waals surface area contributed by atoms with Gasteiger partial charge in [-0.25, -0.2) is 0 Å². The first-order valence-corrected chi connectivity index (χ1v) is 9.12. The minimum atomic E-state index is -1.09. The summed E-state index contributed by atoms with van der Waals surface area (Å²) in [6, 6.07) is 5.43. The molecule has 0 radical (unpaired) electrons. The van der Waals surface area contributed by atoms with Crippen LogP contribution in [0.3, 0.4) is 0 Å². The van der Waals surface area contributed by atoms with Gasteiger partial charge in [-0.1, -0.05) is 12.1 Å². The number of carbonyl (C=O) groups is 4. The van der Waals surface area contributed by atoms with Crippen LogP contribution in [0.2, 0.25) is 0 Å². The van der Waals surface area contributed by atoms with Gasteiger partial charge in [0.05, 0.1) is 11.8 Å². The molecule has 1 aromatic carbocycles. The molecule has 6 heteroatoms. The fraction of sp³-hybridized carbons (Fsp3) is 0.500. The van der Waals surface area contributed by atoms with Crippen molar-refractivity contribution in [1.82, 2.24) is 5.32 Å². The Bertz CT molecular complexity index is 765. The first-order valence-electron chi connectivity index (χ1n) is 9.12. The number of carbonyl (C=O) groups excluding carboxylic acids is 4. The van der Waals surface area contributed by atoms with Gasteiger partial charge in [-0.2, -0.15) is 0 Å². The molecule has 1 amide bonds. The second kappa shape index (κ2) is 7.50. The van der Waals surface area contributed by atoms with Crippen molar-refractivity contribution in [2.24, 2.45) is 17.6 Å². The number of amides is 1. The minimum absolute atomic E-state index is 0.0974. The Kier molecular flexibility index (Phi) is 5.32. The van der Waals surface area contributed by atoms with Crippen molar-refractivity contribution in [2.75, 3.05) is 13.1 Å². The lowest BCUT2D eigenvalue weighted by atomic mass is 9.83. The molecule has 0 aromatic heterocycles. The van der Waals surface area contributed by atoms with E-state index >= 15 is 0 Å². The maximum absolute atomic E-state index is 12.9. The maximum atomic E-state index is 12.9. The number of Topliss-reactive ketones (excluding diaryl/α,β-unsaturated/α-hetero) is 3. The van der Waals surface area contributed by atoms with Crippen LogP contribution >= 0.6 is 0 Å². The quantitative estimate of drug-likeness (QED) is 0.753. The largest absolute Gasteiger partial charge is 0.369 e. The van der Waals surface area contributed by atoms with Crippen molar-refractivity contribution in [3.05, 3.63) is 34.9 Å². The van der Waals surface area contributed by atoms with E-state index in [4.69, 9.17) is 5.73 Å². The predicted octanol–water partition coefficient (Wildman–Crippen LogP) is 1.62. The van der Waals surface area contributed by atoms with Crippen LogP contribution < -0.4 is 11.1 Å². The number of piperidine rings is 1. The molecular weight excluding hydrogens is 332 g/mol. The van der Waals surface area contributed by atoms with Gasteiger partial charge in [0.25, 0.3) is 0 Å². The van der Waals surface area contributed by atoms with Crippen LogP contribution in [0.5, 0.6) is 0 Å². The summed E-state index contributed by atoms with van der Waals surface area (Å²) in [5.74, 6) is -3.15. The zero-order chi connectivity index (χ0) is 18.8. The third-order valence-electron chi connectivity index (χ3n) is 5.53. The molecular formula is C20H24N2O4. The Morgan fingerprint density at radius 1 is 1.15 bits per heavy atom. The molecule has 26 heavy (non-hydrogen) atoms. The molecule has 0 bridgehead atoms. The topological polar surface area (TPSA) is 106 Å². The Balaban J connectivity index is 1.88. The average Bonchev–Trinajstić information content (AvgIpc) is 2.87. The zero-order valence-electron chi connectivity index (χ0n) is 14.9. The van der Waals surface area contributed by atoms with Gasteiger partial charge in [-0.15, -0.1) is 0 Å². The first kappa shape index (κ1) is 18.5. The summed E-state index contributed by atoms with van der Waals surface area (Å²) in [6.07, 6.45) is 2.24. The van der Waals surface area contributed by atoms with Crippen molar-refractivity contribution in [3.8, 4) is 0 Å². The van der Waals surface area contributed by atoms with Gasteiger partial charge >= 0.3 is 0 Å². The Morgan fingerprint density at radius 2 is 1.81 bits per heavy atom. The van der Waals surface area contributed by atoms with Gasteiger partial charge in [0, 0.05) is 17.5 Å². The van der Waals surface area contributed by atoms with Gasteiger partial charge < -0.3 is 15.8 Å². The van der Waals surface area contributed by atoms with E-state index in [0.717, 1.165) is 31.5 Å². The van der Waals surface area contributed by atoms with Crippen LogP contribution in [0.1, 0.15) is 64.8 Å². The van der Waals surface area contributed by atoms with Gasteiger partial charge in [-0.05, 0) is 56.8 Å². The number of nitrogens with two attached hydrogens (primary N) is 1. The third kappa shape index (κ3) is 3.46. The zero-order valence-corrected chi connectivity index (χ0v) is 14.9. The lowest BCUT2D eigenvalue weighted by molar-refractivity contribution is -0.123. The fourth-order valence-electron chi connectivity index (χ4n) is 4.04. The number of fused-ring (bicyclic) bond motifs is 1. The van der Waals surface area contributed by atoms with Crippen LogP contribution in [-0.4, -0.2) is 36.3 Å². The summed E-state index contributed by atoms with van der Waals surface area (Å²) < 4.78 is 0. The van der Waals surface area contributed by atoms with Crippen LogP contribution in [0.15, 0.2) is 18.2 Å². The van der Waals surface area contributed by atoms with Crippen molar-refractivity contribution in [2.45, 2.75) is 38.5 Å². The van der Waals surface area contributed by atoms with Crippen LogP contribution in [0.4, 0.5) is 0 Å². The summed E-state index contributed by atoms with van der Waals surface area (Å²) in [4.78, 5) is 48.8. The van der Waals surface area contributed by atoms with Crippen LogP contribution in [0.25, 0.3) is 0 Å². The van der Waals surface area contributed by atoms with E-state index in [9.17, 15) is 19.2 Å². The van der Waals surface area contributed by atoms with E-state index in [1.54, 1.807) is 6.07 Å². The summed E-state index contributed by atoms with van der Waals surface area (Å²) >= 11 is 0. The summed E-state index contributed by atoms with van der Waals surface area (Å²) in [5.41, 5.74) is 7.27. The molecule has 1 heterocycles. The van der Waals surface area contributed by atoms with E-state index in [2.05, 4.69) is 5.32 Å². The van der Waals surface area contributed by atoms with E-state index in [-0.39, 0.29) is 30.2 Å². The van der Waals surface area contributed by atoms with Gasteiger partial charge in [0.1, 0.15) is 5.78 Å². The van der Waals surface area contributed by atoms with E-state index in [1.807, 2.05) is 12.1 Å². The van der Waals surface area contributed by atoms with Crippen molar-refractivity contribution >= 4 is 23.3 Å². The normalized spacial score (nSPS) is 21.5. The summed E-state index contributed by atoms with van der Waals surface area (Å²) in [5, 5.41) is 3.31. The number of hydrogen-bond donors (Lipinski definition) is 2. The number of benzene rings is 1. The number of rotatable bonds is 6. The van der Waals surface area contributed by atoms with Gasteiger partial charge in [0.2, 0.25) is 5.91 Å². The Morgan fingerprint density at radius 3 is 2.42 bits per heavy atom. The molecule has 0 spiro atoms. The minimum Gasteiger partial charge on any atom is -0.369 e. The van der Waals surface area contributed by atoms with Crippen LogP contribution in [0, 0.1) is 11.8 Å². The average molecular weight is 356 g/mol. The molecule has 3 N–H and O–H groups in total. The van der Waals surface area contributed by atoms with Crippen LogP contribution in [-0.2, 0) is 9.59 Å². The number of nitrogens with one attached hydrogen (secondary N) is 1. The molecule has 2 unspecified atom stereocenters. The van der Waals surface area contributed by atoms with Crippen molar-refractivity contribution < 1.29 is 19.2 Å². The van der Waals surface area contributed by atoms with Crippen molar-refractivity contribution in [1.29, 1.82) is 0 Å². The van der Waals surface area contributed by atoms with E-state index < -0.39 is 17.7 Å². The molecule has 1 aliphatic carbocycles. The highest BCUT2D eigenvalue weighted by Crippen LogP contribution is 2.36. The fourth-order valence-corrected chi connectivity index (χ4v) is 4.04. The summed E-state index contributed by atoms with van der Waals surface area (Å²) in [6.45, 7) is 3.29. The summed E-state index contributed by atoms with van der Waals surface area (Å²) in [7, 11) is 0. The first-order chi connectivity index (χ1) is 12.4. The van der Waals surface area contributed by atoms with Gasteiger partial charge in [0.15, 0.2) is 11.6 Å². The smallest absolute Gasteiger partial charge is 0.221 e. The molecule has 6 nitrogen and oxygen atoms in total. The highest BCUT2D eigenvalue weighted by Gasteiger charge is 2.45. The van der Waals surface area contributed by atoms with Crippen molar-refractivity contribution in [3.63, 3.8) is 0 Å². The molecule has 2 atom stereocenters. The molecule has 3 rings (SSSR count). The van der Waals surface area contributed by atoms with Gasteiger partial charge in [-0.3, -0.25) is 14.4 Å². The highest BCUT2D eigenvalue weighted by atomic mass is 16.2. The molecule has 2 aliphatic rings. The molecule has 1 aromatic rings. The SMILES string of the molecule is CC(=O)CCC(C(N)=O)C1C(=O)c2ccc(C3CCNCC3)cc2C1=O. The molecule has 138 valence electrons. The lowest BCUT2D eigenvalue weighted by Gasteiger charge is -2.23. The Labute approximate surface area is 152 Å². The second-order valence-corrected chi connectivity index (χ2v) is 7.29. The molecule has 1 saturated heterocycles. The second-order valence-electron chi connectivity index (χ2n) is 7.29. The molecule has 0 saturated carbocycles. The Hall–Kier alpha value is -2.34. The van der Waals surface area contributed by atoms with E-state index in [0.29, 0.717) is 17.0 Å². The maximum Gasteiger partial charge on any atom is 0.221 e. The highest BCUT2D eigenvalue weighted by molar-refractivity contribution is 6.27. The lowest BCUT2D eigenvalue weighted by Crippen LogP contribution is -2.36. The molecule has 1 aliphatic heterocycles. The third-order valence-corrected chi connectivity index (χ3v) is 5.53. The predicted molar refractivity (Wildman–Crippen MR) is 96.0 cm³/mol.